The van der Waals surface area contributed by atoms with Gasteiger partial charge < -0.3 is 4.74 Å². The number of carbonyl (C=O) groups is 1. The van der Waals surface area contributed by atoms with Crippen molar-refractivity contribution in [2.75, 3.05) is 7.11 Å². The summed E-state index contributed by atoms with van der Waals surface area (Å²) in [7, 11) is -2.70. The summed E-state index contributed by atoms with van der Waals surface area (Å²) in [5.74, 6) is -0.437. The molecular formula is C24H22FN3O4S+2. The first-order valence-corrected chi connectivity index (χ1v) is 11.1. The molecule has 0 aliphatic rings. The molecule has 0 radical (unpaired) electrons. The van der Waals surface area contributed by atoms with Crippen LogP contribution in [0.25, 0.3) is 4.91 Å². The molecule has 0 saturated carbocycles. The highest BCUT2D eigenvalue weighted by molar-refractivity contribution is 8.00. The van der Waals surface area contributed by atoms with Crippen LogP contribution in [-0.4, -0.2) is 49.1 Å². The summed E-state index contributed by atoms with van der Waals surface area (Å²) in [5, 5.41) is 0. The molecule has 3 rings (SSSR count). The Kier molecular flexibility index (Phi) is 6.93. The summed E-state index contributed by atoms with van der Waals surface area (Å²) in [6.07, 6.45) is 3.25. The van der Waals surface area contributed by atoms with Crippen molar-refractivity contribution >= 4 is 39.9 Å². The van der Waals surface area contributed by atoms with Gasteiger partial charge in [-0.05, 0) is 42.5 Å². The van der Waals surface area contributed by atoms with E-state index in [1.165, 1.54) is 42.0 Å². The van der Waals surface area contributed by atoms with E-state index in [1.807, 2.05) is 6.07 Å². The van der Waals surface area contributed by atoms with E-state index in [-0.39, 0.29) is 27.7 Å². The summed E-state index contributed by atoms with van der Waals surface area (Å²) in [6, 6.07) is 12.1. The van der Waals surface area contributed by atoms with Gasteiger partial charge in [0.15, 0.2) is 6.54 Å². The number of hydrogen-bond acceptors (Lipinski definition) is 5. The number of carbonyl (C=O) groups excluding carboxylic acids is 1. The molecule has 2 aromatic carbocycles. The van der Waals surface area contributed by atoms with Gasteiger partial charge in [-0.25, -0.2) is 12.8 Å². The Morgan fingerprint density at radius 3 is 2.42 bits per heavy atom. The second-order valence-corrected chi connectivity index (χ2v) is 9.01. The van der Waals surface area contributed by atoms with E-state index >= 15 is 0 Å². The van der Waals surface area contributed by atoms with Crippen LogP contribution in [-0.2, 0) is 16.4 Å². The number of hydrogen-bond donors (Lipinski definition) is 0. The van der Waals surface area contributed by atoms with E-state index in [0.717, 1.165) is 22.3 Å². The van der Waals surface area contributed by atoms with Gasteiger partial charge >= 0.3 is 6.03 Å². The molecule has 2 amide bonds. The van der Waals surface area contributed by atoms with Crippen molar-refractivity contribution in [1.29, 1.82) is 0 Å². The molecule has 0 aliphatic carbocycles. The molecule has 0 aliphatic heterocycles. The van der Waals surface area contributed by atoms with E-state index in [2.05, 4.69) is 25.0 Å². The Bertz CT molecular complexity index is 1350. The highest BCUT2D eigenvalue weighted by atomic mass is 32.2. The number of amides is 2. The van der Waals surface area contributed by atoms with Crippen molar-refractivity contribution in [3.63, 3.8) is 0 Å². The van der Waals surface area contributed by atoms with Gasteiger partial charge in [0.25, 0.3) is 0 Å². The van der Waals surface area contributed by atoms with Crippen LogP contribution in [0, 0.1) is 5.82 Å². The maximum Gasteiger partial charge on any atom is 0.676 e. The van der Waals surface area contributed by atoms with Crippen LogP contribution in [0.5, 0.6) is 5.75 Å². The van der Waals surface area contributed by atoms with Crippen LogP contribution in [0.2, 0.25) is 0 Å². The molecule has 7 nitrogen and oxygen atoms in total. The van der Waals surface area contributed by atoms with E-state index < -0.39 is 21.7 Å². The zero-order valence-electron chi connectivity index (χ0n) is 17.9. The molecule has 1 aromatic heterocycles. The predicted molar refractivity (Wildman–Crippen MR) is 123 cm³/mol. The molecule has 0 saturated heterocycles. The van der Waals surface area contributed by atoms with Crippen molar-refractivity contribution in [2.24, 2.45) is 0 Å². The van der Waals surface area contributed by atoms with Gasteiger partial charge in [-0.3, -0.25) is 4.98 Å². The molecule has 0 unspecified atom stereocenters. The third-order valence-electron chi connectivity index (χ3n) is 4.84. The van der Waals surface area contributed by atoms with Gasteiger partial charge in [-0.15, -0.1) is 4.58 Å². The molecule has 1 heterocycles. The zero-order chi connectivity index (χ0) is 24.2. The van der Waals surface area contributed by atoms with Crippen LogP contribution in [0.1, 0.15) is 11.1 Å². The molecule has 9 heteroatoms. The number of ether oxygens (including phenoxy) is 1. The number of pyridine rings is 1. The van der Waals surface area contributed by atoms with E-state index in [4.69, 9.17) is 4.74 Å². The quantitative estimate of drug-likeness (QED) is 0.387. The lowest BCUT2D eigenvalue weighted by Gasteiger charge is -2.12. The Hall–Kier alpha value is -3.98. The highest BCUT2D eigenvalue weighted by Crippen LogP contribution is 2.33. The van der Waals surface area contributed by atoms with Gasteiger partial charge in [0.2, 0.25) is 15.5 Å². The predicted octanol–water partition coefficient (Wildman–Crippen LogP) is 4.05. The third-order valence-corrected chi connectivity index (χ3v) is 6.60. The molecule has 168 valence electrons. The number of urea groups is 1. The largest absolute Gasteiger partial charge is 0.676 e. The number of sulfone groups is 1. The van der Waals surface area contributed by atoms with E-state index in [1.54, 1.807) is 18.5 Å². The van der Waals surface area contributed by atoms with Crippen molar-refractivity contribution < 1.29 is 31.5 Å². The fourth-order valence-corrected chi connectivity index (χ4v) is 4.28. The number of benzene rings is 2. The molecule has 0 spiro atoms. The van der Waals surface area contributed by atoms with Crippen molar-refractivity contribution in [3.05, 3.63) is 90.5 Å². The Labute approximate surface area is 191 Å². The van der Waals surface area contributed by atoms with Crippen molar-refractivity contribution in [1.82, 2.24) is 4.98 Å². The second kappa shape index (κ2) is 9.66. The summed E-state index contributed by atoms with van der Waals surface area (Å²) in [6.45, 7) is 11.3. The molecule has 33 heavy (non-hydrogen) atoms. The number of aromatic nitrogens is 1. The fourth-order valence-electron chi connectivity index (χ4n) is 3.05. The standard InChI is InChI=1S/C24H22FN3O4S/c1-17(22-14-19(25)7-12-23(22)32-4)33(30,31)21-10-8-20(9-11-21)28(3)24(29)27(2)16-18-6-5-13-26-15-18/h5-15H,1-3,16H2,4H3/q+2. The Balaban J connectivity index is 1.81. The Morgan fingerprint density at radius 2 is 1.82 bits per heavy atom. The minimum Gasteiger partial charge on any atom is -0.496 e. The van der Waals surface area contributed by atoms with E-state index in [9.17, 15) is 17.6 Å². The third kappa shape index (κ3) is 5.09. The minimum absolute atomic E-state index is 0.0265. The molecule has 0 N–H and O–H groups in total. The van der Waals surface area contributed by atoms with Crippen molar-refractivity contribution in [2.45, 2.75) is 11.4 Å². The number of methoxy groups -OCH3 is 1. The zero-order valence-corrected chi connectivity index (χ0v) is 18.8. The number of rotatable bonds is 7. The first-order valence-electron chi connectivity index (χ1n) is 9.64. The van der Waals surface area contributed by atoms with Crippen LogP contribution >= 0.6 is 0 Å². The lowest BCUT2D eigenvalue weighted by atomic mass is 10.2. The second-order valence-electron chi connectivity index (χ2n) is 7.03. The minimum atomic E-state index is -4.06. The lowest BCUT2D eigenvalue weighted by molar-refractivity contribution is -0.537. The summed E-state index contributed by atoms with van der Waals surface area (Å²) in [4.78, 5) is 16.3. The smallest absolute Gasteiger partial charge is 0.496 e. The number of halogens is 1. The topological polar surface area (TPSA) is 79.4 Å². The first kappa shape index (κ1) is 23.7. The molecular weight excluding hydrogens is 445 g/mol. The van der Waals surface area contributed by atoms with Gasteiger partial charge in [-0.2, -0.15) is 4.79 Å². The molecule has 0 bridgehead atoms. The molecule has 3 aromatic rings. The normalized spacial score (nSPS) is 11.0. The number of nitrogens with zero attached hydrogens (tertiary/aromatic N) is 3. The summed E-state index contributed by atoms with van der Waals surface area (Å²) < 4.78 is 47.2. The SMILES string of the molecule is C=C(c1cc(F)ccc1OC)S(=O)(=O)c1ccc([N+](=C)C(=O)[N+](=C)Cc2cccnc2)cc1. The maximum atomic E-state index is 13.7. The van der Waals surface area contributed by atoms with Gasteiger partial charge in [0.05, 0.1) is 16.9 Å². The lowest BCUT2D eigenvalue weighted by Crippen LogP contribution is -2.26. The average Bonchev–Trinajstić information content (AvgIpc) is 2.83. The van der Waals surface area contributed by atoms with Crippen LogP contribution < -0.4 is 4.74 Å². The van der Waals surface area contributed by atoms with Gasteiger partial charge in [-0.1, -0.05) is 11.2 Å². The highest BCUT2D eigenvalue weighted by Gasteiger charge is 2.31. The van der Waals surface area contributed by atoms with Gasteiger partial charge in [0, 0.05) is 35.7 Å². The summed E-state index contributed by atoms with van der Waals surface area (Å²) in [5.41, 5.74) is 1.17. The first-order chi connectivity index (χ1) is 15.6. The average molecular weight is 468 g/mol. The Morgan fingerprint density at radius 1 is 1.12 bits per heavy atom. The molecule has 0 fully saturated rings. The monoisotopic (exact) mass is 467 g/mol. The van der Waals surface area contributed by atoms with Crippen LogP contribution in [0.3, 0.4) is 0 Å². The fraction of sp³-hybridized carbons (Fsp3) is 0.0833. The van der Waals surface area contributed by atoms with Crippen molar-refractivity contribution in [3.8, 4) is 5.75 Å². The maximum absolute atomic E-state index is 13.7. The van der Waals surface area contributed by atoms with E-state index in [0.29, 0.717) is 5.69 Å². The molecule has 0 atom stereocenters. The van der Waals surface area contributed by atoms with Crippen LogP contribution in [0.15, 0.2) is 78.5 Å². The van der Waals surface area contributed by atoms with Crippen LogP contribution in [0.4, 0.5) is 14.9 Å². The summed E-state index contributed by atoms with van der Waals surface area (Å²) >= 11 is 0. The van der Waals surface area contributed by atoms with Gasteiger partial charge in [0.1, 0.15) is 25.0 Å².